The largest absolute Gasteiger partial charge is 0.481 e. The topological polar surface area (TPSA) is 165 Å². The molecule has 0 aliphatic carbocycles. The molecule has 2 aromatic heterocycles. The SMILES string of the molecule is CC.C\C=C/C=C\C=C\Cn1c(C)c(C(=O)C=O)c2c(OCC(=O)NC(CC(=O)O)C(=O)O)nccc21. The molecule has 2 heterocycles. The molecule has 2 rings (SSSR count). The van der Waals surface area contributed by atoms with Crippen molar-refractivity contribution in [3.05, 3.63) is 60.0 Å². The zero-order chi connectivity index (χ0) is 28.0. The average Bonchev–Trinajstić information content (AvgIpc) is 3.16. The molecule has 0 spiro atoms. The van der Waals surface area contributed by atoms with Crippen molar-refractivity contribution in [1.29, 1.82) is 0 Å². The van der Waals surface area contributed by atoms with Crippen LogP contribution in [0.3, 0.4) is 0 Å². The molecular weight excluding hydrogens is 482 g/mol. The van der Waals surface area contributed by atoms with Crippen molar-refractivity contribution in [3.8, 4) is 5.88 Å². The number of nitrogens with zero attached hydrogens (tertiary/aromatic N) is 2. The highest BCUT2D eigenvalue weighted by Gasteiger charge is 2.25. The molecule has 11 heteroatoms. The van der Waals surface area contributed by atoms with Crippen molar-refractivity contribution >= 4 is 40.8 Å². The summed E-state index contributed by atoms with van der Waals surface area (Å²) < 4.78 is 7.24. The summed E-state index contributed by atoms with van der Waals surface area (Å²) in [7, 11) is 0. The van der Waals surface area contributed by atoms with Gasteiger partial charge < -0.3 is 24.8 Å². The predicted molar refractivity (Wildman–Crippen MR) is 137 cm³/mol. The lowest BCUT2D eigenvalue weighted by atomic mass is 10.1. The third-order valence-electron chi connectivity index (χ3n) is 4.86. The Labute approximate surface area is 214 Å². The summed E-state index contributed by atoms with van der Waals surface area (Å²) in [4.78, 5) is 61.9. The first-order valence-corrected chi connectivity index (χ1v) is 11.5. The second-order valence-corrected chi connectivity index (χ2v) is 7.25. The minimum atomic E-state index is -1.64. The lowest BCUT2D eigenvalue weighted by Crippen LogP contribution is -2.44. The smallest absolute Gasteiger partial charge is 0.326 e. The molecule has 0 bridgehead atoms. The number of aliphatic carboxylic acids is 2. The molecule has 0 aliphatic rings. The van der Waals surface area contributed by atoms with E-state index in [1.165, 1.54) is 6.20 Å². The number of nitrogens with one attached hydrogen (secondary N) is 1. The van der Waals surface area contributed by atoms with Crippen LogP contribution in [0.25, 0.3) is 10.9 Å². The van der Waals surface area contributed by atoms with E-state index in [1.807, 2.05) is 57.2 Å². The second kappa shape index (κ2) is 15.5. The van der Waals surface area contributed by atoms with Crippen molar-refractivity contribution in [3.63, 3.8) is 0 Å². The molecule has 198 valence electrons. The van der Waals surface area contributed by atoms with Crippen molar-refractivity contribution in [2.75, 3.05) is 6.61 Å². The van der Waals surface area contributed by atoms with Crippen LogP contribution in [0.4, 0.5) is 0 Å². The van der Waals surface area contributed by atoms with E-state index in [2.05, 4.69) is 10.3 Å². The molecule has 0 aliphatic heterocycles. The summed E-state index contributed by atoms with van der Waals surface area (Å²) >= 11 is 0. The molecule has 0 saturated heterocycles. The molecule has 37 heavy (non-hydrogen) atoms. The van der Waals surface area contributed by atoms with Crippen LogP contribution in [-0.4, -0.2) is 62.3 Å². The van der Waals surface area contributed by atoms with Crippen LogP contribution in [-0.2, 0) is 25.7 Å². The van der Waals surface area contributed by atoms with Gasteiger partial charge in [0.15, 0.2) is 12.9 Å². The Bertz CT molecular complexity index is 1220. The van der Waals surface area contributed by atoms with Crippen LogP contribution in [0, 0.1) is 6.92 Å². The molecular formula is C26H31N3O8. The zero-order valence-corrected chi connectivity index (χ0v) is 21.1. The van der Waals surface area contributed by atoms with Crippen LogP contribution < -0.4 is 10.1 Å². The van der Waals surface area contributed by atoms with Crippen molar-refractivity contribution in [2.45, 2.75) is 46.7 Å². The van der Waals surface area contributed by atoms with Gasteiger partial charge in [-0.1, -0.05) is 50.3 Å². The summed E-state index contributed by atoms with van der Waals surface area (Å²) in [6, 6.07) is -0.00949. The van der Waals surface area contributed by atoms with Gasteiger partial charge in [0.2, 0.25) is 11.7 Å². The van der Waals surface area contributed by atoms with Crippen LogP contribution in [0.5, 0.6) is 5.88 Å². The van der Waals surface area contributed by atoms with E-state index in [4.69, 9.17) is 14.9 Å². The number of carbonyl (C=O) groups is 5. The van der Waals surface area contributed by atoms with Gasteiger partial charge in [0, 0.05) is 18.4 Å². The molecule has 11 nitrogen and oxygen atoms in total. The van der Waals surface area contributed by atoms with Gasteiger partial charge in [-0.25, -0.2) is 9.78 Å². The van der Waals surface area contributed by atoms with Gasteiger partial charge in [0.25, 0.3) is 5.91 Å². The number of hydrogen-bond donors (Lipinski definition) is 3. The lowest BCUT2D eigenvalue weighted by molar-refractivity contribution is -0.147. The summed E-state index contributed by atoms with van der Waals surface area (Å²) in [5.74, 6) is -4.70. The number of rotatable bonds is 13. The second-order valence-electron chi connectivity index (χ2n) is 7.25. The van der Waals surface area contributed by atoms with E-state index in [-0.39, 0.29) is 23.1 Å². The molecule has 0 fully saturated rings. The van der Waals surface area contributed by atoms with Gasteiger partial charge in [0.05, 0.1) is 22.9 Å². The quantitative estimate of drug-likeness (QED) is 0.158. The Balaban J connectivity index is 0.00000334. The Morgan fingerprint density at radius 2 is 1.81 bits per heavy atom. The molecule has 1 unspecified atom stereocenters. The highest BCUT2D eigenvalue weighted by atomic mass is 16.5. The normalized spacial score (nSPS) is 11.9. The van der Waals surface area contributed by atoms with Gasteiger partial charge in [-0.3, -0.25) is 19.2 Å². The lowest BCUT2D eigenvalue weighted by Gasteiger charge is -2.13. The van der Waals surface area contributed by atoms with Crippen LogP contribution in [0.2, 0.25) is 0 Å². The molecule has 1 atom stereocenters. The van der Waals surface area contributed by atoms with Crippen LogP contribution >= 0.6 is 0 Å². The number of pyridine rings is 1. The maximum Gasteiger partial charge on any atom is 0.326 e. The van der Waals surface area contributed by atoms with Gasteiger partial charge in [-0.2, -0.15) is 0 Å². The first-order chi connectivity index (χ1) is 17.7. The highest BCUT2D eigenvalue weighted by molar-refractivity contribution is 6.37. The number of aldehydes is 1. The maximum absolute atomic E-state index is 12.4. The van der Waals surface area contributed by atoms with Gasteiger partial charge in [-0.15, -0.1) is 0 Å². The number of fused-ring (bicyclic) bond motifs is 1. The Kier molecular flexibility index (Phi) is 12.7. The molecule has 0 radical (unpaired) electrons. The summed E-state index contributed by atoms with van der Waals surface area (Å²) in [6.45, 7) is 7.24. The number of carbonyl (C=O) groups excluding carboxylic acids is 3. The van der Waals surface area contributed by atoms with Gasteiger partial charge in [0.1, 0.15) is 6.04 Å². The van der Waals surface area contributed by atoms with Crippen LogP contribution in [0.15, 0.2) is 48.7 Å². The first-order valence-electron chi connectivity index (χ1n) is 11.5. The molecule has 0 aromatic carbocycles. The Morgan fingerprint density at radius 3 is 2.41 bits per heavy atom. The van der Waals surface area contributed by atoms with E-state index < -0.39 is 42.7 Å². The number of Topliss-reactive ketones (excluding diaryl/α,β-unsaturated/α-hetero) is 1. The minimum absolute atomic E-state index is 0.0747. The fraction of sp³-hybridized carbons (Fsp3) is 0.308. The number of aromatic nitrogens is 2. The third-order valence-corrected chi connectivity index (χ3v) is 4.86. The van der Waals surface area contributed by atoms with Crippen molar-refractivity contribution < 1.29 is 38.9 Å². The number of amides is 1. The number of ether oxygens (including phenoxy) is 1. The van der Waals surface area contributed by atoms with Gasteiger partial charge >= 0.3 is 11.9 Å². The molecule has 3 N–H and O–H groups in total. The standard InChI is InChI=1S/C24H25N3O8.C2H6/c1-3-4-5-6-7-8-11-27-15(2)21(18(29)13-28)22-17(27)9-10-25-23(22)35-14-19(30)26-16(24(33)34)12-20(31)32;1-2/h3-10,13,16H,11-12,14H2,1-2H3,(H,26,30)(H,31,32)(H,33,34);1-2H3/b4-3-,6-5-,8-7+;. The summed E-state index contributed by atoms with van der Waals surface area (Å²) in [5, 5.41) is 20.1. The van der Waals surface area contributed by atoms with Crippen molar-refractivity contribution in [2.24, 2.45) is 0 Å². The number of carboxylic acids is 2. The monoisotopic (exact) mass is 513 g/mol. The predicted octanol–water partition coefficient (Wildman–Crippen LogP) is 2.86. The van der Waals surface area contributed by atoms with E-state index in [1.54, 1.807) is 17.6 Å². The third kappa shape index (κ3) is 8.57. The molecule has 0 saturated carbocycles. The number of hydrogen-bond acceptors (Lipinski definition) is 7. The maximum atomic E-state index is 12.4. The summed E-state index contributed by atoms with van der Waals surface area (Å²) in [6.07, 6.45) is 11.9. The average molecular weight is 514 g/mol. The fourth-order valence-electron chi connectivity index (χ4n) is 3.32. The highest BCUT2D eigenvalue weighted by Crippen LogP contribution is 2.32. The minimum Gasteiger partial charge on any atom is -0.481 e. The number of ketones is 1. The van der Waals surface area contributed by atoms with Crippen LogP contribution in [0.1, 0.15) is 43.2 Å². The van der Waals surface area contributed by atoms with E-state index in [0.717, 1.165) is 0 Å². The van der Waals surface area contributed by atoms with Crippen molar-refractivity contribution in [1.82, 2.24) is 14.9 Å². The Hall–Kier alpha value is -4.54. The summed E-state index contributed by atoms with van der Waals surface area (Å²) in [5.41, 5.74) is 1.11. The van der Waals surface area contributed by atoms with Gasteiger partial charge in [-0.05, 0) is 19.9 Å². The fourth-order valence-corrected chi connectivity index (χ4v) is 3.32. The zero-order valence-electron chi connectivity index (χ0n) is 21.1. The number of carboxylic acid groups (broad SMARTS) is 2. The molecule has 2 aromatic rings. The van der Waals surface area contributed by atoms with E-state index in [0.29, 0.717) is 17.8 Å². The first kappa shape index (κ1) is 30.5. The van der Waals surface area contributed by atoms with E-state index >= 15 is 0 Å². The molecule has 1 amide bonds. The number of allylic oxidation sites excluding steroid dienone is 6. The van der Waals surface area contributed by atoms with E-state index in [9.17, 15) is 24.0 Å². The Morgan fingerprint density at radius 1 is 1.14 bits per heavy atom.